The van der Waals surface area contributed by atoms with E-state index in [1.807, 2.05) is 0 Å². The van der Waals surface area contributed by atoms with Crippen LogP contribution in [0.25, 0.3) is 0 Å². The van der Waals surface area contributed by atoms with Gasteiger partial charge in [0.05, 0.1) is 0 Å². The molecule has 0 spiro atoms. The highest BCUT2D eigenvalue weighted by molar-refractivity contribution is 5.26. The lowest BCUT2D eigenvalue weighted by Gasteiger charge is -2.19. The van der Waals surface area contributed by atoms with Crippen LogP contribution in [0.3, 0.4) is 0 Å². The highest BCUT2D eigenvalue weighted by Crippen LogP contribution is 2.14. The lowest BCUT2D eigenvalue weighted by atomic mass is 9.97. The van der Waals surface area contributed by atoms with E-state index in [1.165, 1.54) is 29.5 Å². The number of nitrogens with one attached hydrogen (secondary N) is 1. The van der Waals surface area contributed by atoms with E-state index in [1.54, 1.807) is 0 Å². The first-order valence-corrected chi connectivity index (χ1v) is 7.05. The van der Waals surface area contributed by atoms with Gasteiger partial charge in [-0.15, -0.1) is 6.58 Å². The number of allylic oxidation sites excluding steroid dienone is 1. The average Bonchev–Trinajstić information content (AvgIpc) is 2.35. The zero-order valence-electron chi connectivity index (χ0n) is 12.1. The van der Waals surface area contributed by atoms with Crippen molar-refractivity contribution in [1.82, 2.24) is 5.32 Å². The quantitative estimate of drug-likeness (QED) is 0.675. The van der Waals surface area contributed by atoms with Crippen LogP contribution in [0.5, 0.6) is 0 Å². The lowest BCUT2D eigenvalue weighted by molar-refractivity contribution is 0.476. The normalized spacial score (nSPS) is 12.4. The molecule has 0 aliphatic carbocycles. The maximum Gasteiger partial charge on any atom is 0.0111 e. The molecule has 1 N–H and O–H groups in total. The van der Waals surface area contributed by atoms with Crippen molar-refractivity contribution in [3.8, 4) is 0 Å². The smallest absolute Gasteiger partial charge is 0.0111 e. The molecule has 0 saturated carbocycles. The fourth-order valence-corrected chi connectivity index (χ4v) is 2.15. The molecule has 1 rings (SSSR count). The maximum atomic E-state index is 4.00. The van der Waals surface area contributed by atoms with Crippen LogP contribution >= 0.6 is 0 Å². The van der Waals surface area contributed by atoms with E-state index in [2.05, 4.69) is 56.9 Å². The van der Waals surface area contributed by atoms with Crippen molar-refractivity contribution in [2.24, 2.45) is 0 Å². The van der Waals surface area contributed by atoms with E-state index < -0.39 is 0 Å². The monoisotopic (exact) mass is 245 g/mol. The van der Waals surface area contributed by atoms with Crippen LogP contribution in [0.4, 0.5) is 0 Å². The molecule has 0 amide bonds. The Balaban J connectivity index is 2.59. The van der Waals surface area contributed by atoms with Gasteiger partial charge in [0.2, 0.25) is 0 Å². The number of hydrogen-bond acceptors (Lipinski definition) is 1. The molecule has 0 aliphatic heterocycles. The predicted molar refractivity (Wildman–Crippen MR) is 81.0 cm³/mol. The molecule has 0 fully saturated rings. The second kappa shape index (κ2) is 8.10. The Kier molecular flexibility index (Phi) is 6.74. The molecular formula is C17H27N. The molecule has 1 nitrogen and oxygen atoms in total. The van der Waals surface area contributed by atoms with Crippen LogP contribution in [0.15, 0.2) is 36.4 Å². The van der Waals surface area contributed by atoms with Crippen LogP contribution in [0.1, 0.15) is 44.2 Å². The lowest BCUT2D eigenvalue weighted by Crippen LogP contribution is -2.32. The first-order valence-electron chi connectivity index (χ1n) is 7.05. The first kappa shape index (κ1) is 15.0. The summed E-state index contributed by atoms with van der Waals surface area (Å²) in [5.74, 6) is 0. The van der Waals surface area contributed by atoms with Gasteiger partial charge in [0.1, 0.15) is 0 Å². The first-order chi connectivity index (χ1) is 8.63. The van der Waals surface area contributed by atoms with Crippen molar-refractivity contribution in [2.45, 2.75) is 52.5 Å². The van der Waals surface area contributed by atoms with E-state index in [0.717, 1.165) is 19.4 Å². The van der Waals surface area contributed by atoms with Gasteiger partial charge in [-0.2, -0.15) is 0 Å². The van der Waals surface area contributed by atoms with Gasteiger partial charge in [-0.25, -0.2) is 0 Å². The second-order valence-electron chi connectivity index (χ2n) is 5.28. The SMILES string of the molecule is C=C(C)CCC(Cc1ccccc1C)NCCC. The van der Waals surface area contributed by atoms with E-state index in [0.29, 0.717) is 6.04 Å². The Hall–Kier alpha value is -1.08. The standard InChI is InChI=1S/C17H27N/c1-5-12-18-17(11-10-14(2)3)13-16-9-7-6-8-15(16)4/h6-9,17-18H,2,5,10-13H2,1,3-4H3. The molecule has 0 saturated heterocycles. The highest BCUT2D eigenvalue weighted by Gasteiger charge is 2.10. The third-order valence-corrected chi connectivity index (χ3v) is 3.33. The van der Waals surface area contributed by atoms with Gasteiger partial charge in [-0.3, -0.25) is 0 Å². The van der Waals surface area contributed by atoms with Gasteiger partial charge >= 0.3 is 0 Å². The van der Waals surface area contributed by atoms with Crippen LogP contribution in [-0.2, 0) is 6.42 Å². The molecule has 0 bridgehead atoms. The summed E-state index contributed by atoms with van der Waals surface area (Å²) in [5.41, 5.74) is 4.15. The zero-order valence-corrected chi connectivity index (χ0v) is 12.1. The molecule has 100 valence electrons. The van der Waals surface area contributed by atoms with Crippen LogP contribution in [0, 0.1) is 6.92 Å². The number of hydrogen-bond donors (Lipinski definition) is 1. The summed E-state index contributed by atoms with van der Waals surface area (Å²) < 4.78 is 0. The van der Waals surface area contributed by atoms with E-state index >= 15 is 0 Å². The van der Waals surface area contributed by atoms with Gasteiger partial charge < -0.3 is 5.32 Å². The van der Waals surface area contributed by atoms with E-state index in [-0.39, 0.29) is 0 Å². The maximum absolute atomic E-state index is 4.00. The fraction of sp³-hybridized carbons (Fsp3) is 0.529. The van der Waals surface area contributed by atoms with Crippen LogP contribution in [-0.4, -0.2) is 12.6 Å². The summed E-state index contributed by atoms with van der Waals surface area (Å²) in [6.45, 7) is 11.6. The molecule has 18 heavy (non-hydrogen) atoms. The minimum Gasteiger partial charge on any atom is -0.314 e. The van der Waals surface area contributed by atoms with Gasteiger partial charge in [-0.1, -0.05) is 36.8 Å². The summed E-state index contributed by atoms with van der Waals surface area (Å²) in [5, 5.41) is 3.66. The molecule has 1 heteroatoms. The van der Waals surface area contributed by atoms with Crippen molar-refractivity contribution in [2.75, 3.05) is 6.54 Å². The zero-order chi connectivity index (χ0) is 13.4. The highest BCUT2D eigenvalue weighted by atomic mass is 14.9. The van der Waals surface area contributed by atoms with Gasteiger partial charge in [0.15, 0.2) is 0 Å². The predicted octanol–water partition coefficient (Wildman–Crippen LogP) is 4.26. The Morgan fingerprint density at radius 2 is 2.06 bits per heavy atom. The Morgan fingerprint density at radius 1 is 1.33 bits per heavy atom. The minimum absolute atomic E-state index is 0.572. The summed E-state index contributed by atoms with van der Waals surface area (Å²) >= 11 is 0. The molecule has 1 aromatic rings. The summed E-state index contributed by atoms with van der Waals surface area (Å²) in [4.78, 5) is 0. The molecule has 1 aromatic carbocycles. The Bertz CT molecular complexity index is 368. The molecule has 1 atom stereocenters. The van der Waals surface area contributed by atoms with Crippen molar-refractivity contribution in [3.05, 3.63) is 47.5 Å². The largest absolute Gasteiger partial charge is 0.314 e. The Morgan fingerprint density at radius 3 is 2.67 bits per heavy atom. The van der Waals surface area contributed by atoms with Crippen molar-refractivity contribution >= 4 is 0 Å². The third-order valence-electron chi connectivity index (χ3n) is 3.33. The average molecular weight is 245 g/mol. The van der Waals surface area contributed by atoms with Crippen LogP contribution in [0.2, 0.25) is 0 Å². The number of benzene rings is 1. The molecule has 0 aromatic heterocycles. The number of rotatable bonds is 8. The van der Waals surface area contributed by atoms with Crippen LogP contribution < -0.4 is 5.32 Å². The van der Waals surface area contributed by atoms with Crippen molar-refractivity contribution < 1.29 is 0 Å². The third kappa shape index (κ3) is 5.50. The second-order valence-corrected chi connectivity index (χ2v) is 5.28. The van der Waals surface area contributed by atoms with E-state index in [9.17, 15) is 0 Å². The topological polar surface area (TPSA) is 12.0 Å². The van der Waals surface area contributed by atoms with Gasteiger partial charge in [-0.05, 0) is 57.2 Å². The molecule has 0 heterocycles. The molecular weight excluding hydrogens is 218 g/mol. The van der Waals surface area contributed by atoms with Gasteiger partial charge in [0, 0.05) is 6.04 Å². The number of aryl methyl sites for hydroxylation is 1. The minimum atomic E-state index is 0.572. The molecule has 0 radical (unpaired) electrons. The fourth-order valence-electron chi connectivity index (χ4n) is 2.15. The molecule has 0 aliphatic rings. The summed E-state index contributed by atoms with van der Waals surface area (Å²) in [7, 11) is 0. The van der Waals surface area contributed by atoms with Gasteiger partial charge in [0.25, 0.3) is 0 Å². The summed E-state index contributed by atoms with van der Waals surface area (Å²) in [6, 6.07) is 9.27. The summed E-state index contributed by atoms with van der Waals surface area (Å²) in [6.07, 6.45) is 4.62. The molecule has 1 unspecified atom stereocenters. The van der Waals surface area contributed by atoms with Crippen molar-refractivity contribution in [1.29, 1.82) is 0 Å². The van der Waals surface area contributed by atoms with Crippen molar-refractivity contribution in [3.63, 3.8) is 0 Å². The Labute approximate surface area is 112 Å². The van der Waals surface area contributed by atoms with E-state index in [4.69, 9.17) is 0 Å².